The molecule has 20 heavy (non-hydrogen) atoms. The van der Waals surface area contributed by atoms with E-state index in [-0.39, 0.29) is 6.04 Å². The van der Waals surface area contributed by atoms with Gasteiger partial charge in [0.25, 0.3) is 0 Å². The van der Waals surface area contributed by atoms with Crippen LogP contribution in [0.15, 0.2) is 46.9 Å². The molecule has 0 fully saturated rings. The van der Waals surface area contributed by atoms with Crippen molar-refractivity contribution >= 4 is 27.5 Å². The van der Waals surface area contributed by atoms with Crippen molar-refractivity contribution in [3.8, 4) is 0 Å². The normalized spacial score (nSPS) is 12.4. The number of nitrogens with one attached hydrogen (secondary N) is 1. The minimum atomic E-state index is 0.285. The maximum absolute atomic E-state index is 6.15. The fourth-order valence-corrected chi connectivity index (χ4v) is 3.05. The zero-order valence-corrected chi connectivity index (χ0v) is 14.1. The van der Waals surface area contributed by atoms with Crippen LogP contribution in [0, 0.1) is 6.92 Å². The van der Waals surface area contributed by atoms with Crippen molar-refractivity contribution < 1.29 is 0 Å². The van der Waals surface area contributed by atoms with Crippen LogP contribution in [-0.4, -0.2) is 6.54 Å². The third-order valence-electron chi connectivity index (χ3n) is 3.40. The molecule has 0 radical (unpaired) electrons. The average molecular weight is 353 g/mol. The molecule has 0 aliphatic carbocycles. The molecule has 0 saturated heterocycles. The lowest BCUT2D eigenvalue weighted by molar-refractivity contribution is 0.547. The van der Waals surface area contributed by atoms with Gasteiger partial charge in [0.15, 0.2) is 0 Å². The van der Waals surface area contributed by atoms with Gasteiger partial charge < -0.3 is 5.32 Å². The van der Waals surface area contributed by atoms with E-state index in [1.54, 1.807) is 0 Å². The van der Waals surface area contributed by atoms with E-state index in [9.17, 15) is 0 Å². The Morgan fingerprint density at radius 1 is 1.20 bits per heavy atom. The molecule has 3 heteroatoms. The topological polar surface area (TPSA) is 12.0 Å². The Labute approximate surface area is 134 Å². The molecule has 0 aliphatic heterocycles. The first-order valence-electron chi connectivity index (χ1n) is 6.84. The van der Waals surface area contributed by atoms with E-state index < -0.39 is 0 Å². The highest BCUT2D eigenvalue weighted by Crippen LogP contribution is 2.25. The van der Waals surface area contributed by atoms with Gasteiger partial charge in [-0.2, -0.15) is 0 Å². The van der Waals surface area contributed by atoms with E-state index in [1.807, 2.05) is 6.07 Å². The summed E-state index contributed by atoms with van der Waals surface area (Å²) >= 11 is 9.69. The summed E-state index contributed by atoms with van der Waals surface area (Å²) in [4.78, 5) is 0. The standard InChI is InChI=1S/C17H19BrClN/c1-3-20-17(10-13-5-4-6-14(18)9-13)16-11-15(19)8-7-12(16)2/h4-9,11,17,20H,3,10H2,1-2H3. The molecule has 0 aromatic heterocycles. The summed E-state index contributed by atoms with van der Waals surface area (Å²) in [5.74, 6) is 0. The Hall–Kier alpha value is -0.830. The van der Waals surface area contributed by atoms with Crippen LogP contribution in [0.4, 0.5) is 0 Å². The molecular weight excluding hydrogens is 334 g/mol. The zero-order valence-electron chi connectivity index (χ0n) is 11.8. The van der Waals surface area contributed by atoms with Gasteiger partial charge >= 0.3 is 0 Å². The lowest BCUT2D eigenvalue weighted by Gasteiger charge is -2.21. The molecule has 1 unspecified atom stereocenters. The third-order valence-corrected chi connectivity index (χ3v) is 4.12. The van der Waals surface area contributed by atoms with Crippen LogP contribution < -0.4 is 5.32 Å². The van der Waals surface area contributed by atoms with Gasteiger partial charge in [-0.3, -0.25) is 0 Å². The lowest BCUT2D eigenvalue weighted by Crippen LogP contribution is -2.23. The van der Waals surface area contributed by atoms with Crippen LogP contribution in [0.2, 0.25) is 5.02 Å². The number of rotatable bonds is 5. The highest BCUT2D eigenvalue weighted by atomic mass is 79.9. The zero-order chi connectivity index (χ0) is 14.5. The van der Waals surface area contributed by atoms with Crippen molar-refractivity contribution in [2.75, 3.05) is 6.54 Å². The maximum atomic E-state index is 6.15. The molecule has 0 aliphatic rings. The smallest absolute Gasteiger partial charge is 0.0409 e. The molecule has 106 valence electrons. The number of hydrogen-bond acceptors (Lipinski definition) is 1. The SMILES string of the molecule is CCNC(Cc1cccc(Br)c1)c1cc(Cl)ccc1C. The highest BCUT2D eigenvalue weighted by molar-refractivity contribution is 9.10. The van der Waals surface area contributed by atoms with Crippen molar-refractivity contribution in [2.24, 2.45) is 0 Å². The van der Waals surface area contributed by atoms with Gasteiger partial charge in [0.2, 0.25) is 0 Å². The van der Waals surface area contributed by atoms with Crippen LogP contribution in [0.1, 0.15) is 29.7 Å². The van der Waals surface area contributed by atoms with E-state index in [2.05, 4.69) is 71.5 Å². The van der Waals surface area contributed by atoms with Crippen LogP contribution >= 0.6 is 27.5 Å². The van der Waals surface area contributed by atoms with E-state index >= 15 is 0 Å². The molecule has 0 bridgehead atoms. The second kappa shape index (κ2) is 7.26. The Morgan fingerprint density at radius 2 is 2.00 bits per heavy atom. The molecule has 0 saturated carbocycles. The predicted octanol–water partition coefficient (Wildman–Crippen LogP) is 5.30. The molecule has 2 aromatic rings. The lowest BCUT2D eigenvalue weighted by atomic mass is 9.95. The second-order valence-electron chi connectivity index (χ2n) is 4.95. The van der Waals surface area contributed by atoms with Crippen LogP contribution in [-0.2, 0) is 6.42 Å². The predicted molar refractivity (Wildman–Crippen MR) is 90.5 cm³/mol. The summed E-state index contributed by atoms with van der Waals surface area (Å²) in [6, 6.07) is 14.9. The fraction of sp³-hybridized carbons (Fsp3) is 0.294. The Bertz CT molecular complexity index is 583. The molecule has 1 atom stereocenters. The molecule has 0 amide bonds. The van der Waals surface area contributed by atoms with Gasteiger partial charge in [0.05, 0.1) is 0 Å². The first kappa shape index (κ1) is 15.6. The Balaban J connectivity index is 2.29. The summed E-state index contributed by atoms with van der Waals surface area (Å²) in [6.45, 7) is 5.20. The monoisotopic (exact) mass is 351 g/mol. The summed E-state index contributed by atoms with van der Waals surface area (Å²) in [5.41, 5.74) is 3.86. The molecule has 0 heterocycles. The molecule has 2 aromatic carbocycles. The summed E-state index contributed by atoms with van der Waals surface area (Å²) in [6.07, 6.45) is 0.953. The van der Waals surface area contributed by atoms with E-state index in [1.165, 1.54) is 16.7 Å². The first-order valence-corrected chi connectivity index (χ1v) is 8.01. The summed E-state index contributed by atoms with van der Waals surface area (Å²) in [7, 11) is 0. The van der Waals surface area contributed by atoms with Crippen LogP contribution in [0.5, 0.6) is 0 Å². The maximum Gasteiger partial charge on any atom is 0.0409 e. The summed E-state index contributed by atoms with van der Waals surface area (Å²) < 4.78 is 1.12. The minimum Gasteiger partial charge on any atom is -0.310 e. The van der Waals surface area contributed by atoms with Gasteiger partial charge in [-0.05, 0) is 60.8 Å². The number of halogens is 2. The summed E-state index contributed by atoms with van der Waals surface area (Å²) in [5, 5.41) is 4.36. The Morgan fingerprint density at radius 3 is 2.70 bits per heavy atom. The fourth-order valence-electron chi connectivity index (χ4n) is 2.42. The van der Waals surface area contributed by atoms with Crippen molar-refractivity contribution in [3.05, 3.63) is 68.7 Å². The quantitative estimate of drug-likeness (QED) is 0.769. The number of aryl methyl sites for hydroxylation is 1. The Kier molecular flexibility index (Phi) is 5.64. The van der Waals surface area contributed by atoms with Crippen LogP contribution in [0.3, 0.4) is 0 Å². The van der Waals surface area contributed by atoms with Crippen LogP contribution in [0.25, 0.3) is 0 Å². The average Bonchev–Trinajstić information content (AvgIpc) is 2.41. The molecule has 1 nitrogen and oxygen atoms in total. The minimum absolute atomic E-state index is 0.285. The van der Waals surface area contributed by atoms with Crippen molar-refractivity contribution in [3.63, 3.8) is 0 Å². The van der Waals surface area contributed by atoms with Gasteiger partial charge in [0.1, 0.15) is 0 Å². The highest BCUT2D eigenvalue weighted by Gasteiger charge is 2.14. The van der Waals surface area contributed by atoms with Gasteiger partial charge in [0, 0.05) is 15.5 Å². The molecule has 0 spiro atoms. The van der Waals surface area contributed by atoms with Gasteiger partial charge in [-0.25, -0.2) is 0 Å². The largest absolute Gasteiger partial charge is 0.310 e. The number of hydrogen-bond donors (Lipinski definition) is 1. The first-order chi connectivity index (χ1) is 9.60. The third kappa shape index (κ3) is 4.08. The molecule has 2 rings (SSSR count). The van der Waals surface area contributed by atoms with Gasteiger partial charge in [-0.1, -0.05) is 52.7 Å². The van der Waals surface area contributed by atoms with Crippen molar-refractivity contribution in [1.29, 1.82) is 0 Å². The number of likely N-dealkylation sites (N-methyl/N-ethyl adjacent to an activating group) is 1. The van der Waals surface area contributed by atoms with Crippen molar-refractivity contribution in [1.82, 2.24) is 5.32 Å². The van der Waals surface area contributed by atoms with Crippen molar-refractivity contribution in [2.45, 2.75) is 26.3 Å². The number of benzene rings is 2. The van der Waals surface area contributed by atoms with E-state index in [0.717, 1.165) is 22.5 Å². The molecule has 1 N–H and O–H groups in total. The second-order valence-corrected chi connectivity index (χ2v) is 6.30. The molecular formula is C17H19BrClN. The van der Waals surface area contributed by atoms with Gasteiger partial charge in [-0.15, -0.1) is 0 Å². The van der Waals surface area contributed by atoms with E-state index in [4.69, 9.17) is 11.6 Å². The van der Waals surface area contributed by atoms with E-state index in [0.29, 0.717) is 0 Å².